The summed E-state index contributed by atoms with van der Waals surface area (Å²) in [6.45, 7) is 10.9. The third-order valence-corrected chi connectivity index (χ3v) is 2.42. The van der Waals surface area contributed by atoms with Crippen molar-refractivity contribution in [1.29, 1.82) is 0 Å². The number of hydrogen-bond donors (Lipinski definition) is 1. The van der Waals surface area contributed by atoms with Crippen LogP contribution in [0.15, 0.2) is 6.20 Å². The number of carboxylic acid groups (broad SMARTS) is 1. The molecule has 0 aliphatic heterocycles. The topological polar surface area (TPSA) is 64.3 Å². The van der Waals surface area contributed by atoms with Crippen molar-refractivity contribution < 1.29 is 14.6 Å². The lowest BCUT2D eigenvalue weighted by Crippen LogP contribution is -2.26. The van der Waals surface area contributed by atoms with Gasteiger partial charge in [0.1, 0.15) is 5.56 Å². The van der Waals surface area contributed by atoms with Crippen molar-refractivity contribution in [3.63, 3.8) is 0 Å². The van der Waals surface area contributed by atoms with Gasteiger partial charge in [-0.25, -0.2) is 4.79 Å². The molecule has 0 unspecified atom stereocenters. The smallest absolute Gasteiger partial charge is 0.339 e. The van der Waals surface area contributed by atoms with Crippen molar-refractivity contribution in [3.8, 4) is 0 Å². The van der Waals surface area contributed by atoms with Crippen molar-refractivity contribution in [1.82, 2.24) is 9.78 Å². The second-order valence-electron chi connectivity index (χ2n) is 5.80. The summed E-state index contributed by atoms with van der Waals surface area (Å²) in [5.74, 6) is -0.544. The highest BCUT2D eigenvalue weighted by atomic mass is 16.5. The number of rotatable bonds is 5. The lowest BCUT2D eigenvalue weighted by atomic mass is 10.1. The number of hydrogen-bond acceptors (Lipinski definition) is 3. The molecule has 1 rings (SSSR count). The Bertz CT molecular complexity index is 416. The second kappa shape index (κ2) is 5.52. The molecule has 1 aromatic rings. The average Bonchev–Trinajstić information content (AvgIpc) is 2.60. The Hall–Kier alpha value is -1.36. The molecule has 0 spiro atoms. The van der Waals surface area contributed by atoms with Gasteiger partial charge in [0.25, 0.3) is 0 Å². The van der Waals surface area contributed by atoms with Crippen molar-refractivity contribution in [2.45, 2.75) is 46.8 Å². The van der Waals surface area contributed by atoms with E-state index in [0.29, 0.717) is 18.2 Å². The van der Waals surface area contributed by atoms with Crippen molar-refractivity contribution >= 4 is 5.97 Å². The van der Waals surface area contributed by atoms with E-state index in [4.69, 9.17) is 9.84 Å². The first-order chi connectivity index (χ1) is 8.23. The molecule has 0 saturated heterocycles. The monoisotopic (exact) mass is 254 g/mol. The molecule has 0 saturated carbocycles. The standard InChI is InChI=1S/C13H22N2O3/c1-9(2)7-18-8-11-10(12(16)17)6-14-15(11)13(3,4)5/h6,9H,7-8H2,1-5H3,(H,16,17). The average molecular weight is 254 g/mol. The number of carboxylic acids is 1. The maximum absolute atomic E-state index is 11.2. The zero-order valence-electron chi connectivity index (χ0n) is 11.7. The highest BCUT2D eigenvalue weighted by molar-refractivity contribution is 5.88. The molecule has 1 aromatic heterocycles. The van der Waals surface area contributed by atoms with Gasteiger partial charge < -0.3 is 9.84 Å². The first-order valence-electron chi connectivity index (χ1n) is 6.12. The van der Waals surface area contributed by atoms with Crippen LogP contribution >= 0.6 is 0 Å². The predicted molar refractivity (Wildman–Crippen MR) is 68.7 cm³/mol. The van der Waals surface area contributed by atoms with Crippen LogP contribution in [-0.4, -0.2) is 27.5 Å². The van der Waals surface area contributed by atoms with E-state index in [0.717, 1.165) is 0 Å². The predicted octanol–water partition coefficient (Wildman–Crippen LogP) is 2.51. The van der Waals surface area contributed by atoms with E-state index in [-0.39, 0.29) is 17.7 Å². The molecule has 102 valence electrons. The minimum Gasteiger partial charge on any atom is -0.478 e. The summed E-state index contributed by atoms with van der Waals surface area (Å²) in [4.78, 5) is 11.2. The molecule has 0 aliphatic rings. The Balaban J connectivity index is 2.97. The fourth-order valence-electron chi connectivity index (χ4n) is 1.66. The minimum atomic E-state index is -0.964. The largest absolute Gasteiger partial charge is 0.478 e. The van der Waals surface area contributed by atoms with Crippen LogP contribution in [0.4, 0.5) is 0 Å². The van der Waals surface area contributed by atoms with Crippen LogP contribution in [0.25, 0.3) is 0 Å². The number of aromatic carboxylic acids is 1. The Labute approximate surface area is 108 Å². The zero-order chi connectivity index (χ0) is 13.9. The third kappa shape index (κ3) is 3.57. The van der Waals surface area contributed by atoms with E-state index >= 15 is 0 Å². The van der Waals surface area contributed by atoms with Crippen LogP contribution in [0.2, 0.25) is 0 Å². The van der Waals surface area contributed by atoms with Crippen molar-refractivity contribution in [3.05, 3.63) is 17.5 Å². The van der Waals surface area contributed by atoms with Gasteiger partial charge in [-0.05, 0) is 26.7 Å². The summed E-state index contributed by atoms with van der Waals surface area (Å²) >= 11 is 0. The van der Waals surface area contributed by atoms with Gasteiger partial charge in [0.15, 0.2) is 0 Å². The summed E-state index contributed by atoms with van der Waals surface area (Å²) in [6, 6.07) is 0. The van der Waals surface area contributed by atoms with Crippen molar-refractivity contribution in [2.24, 2.45) is 5.92 Å². The van der Waals surface area contributed by atoms with Crippen LogP contribution < -0.4 is 0 Å². The molecule has 0 bridgehead atoms. The van der Waals surface area contributed by atoms with Crippen LogP contribution in [-0.2, 0) is 16.9 Å². The van der Waals surface area contributed by atoms with E-state index in [9.17, 15) is 4.79 Å². The lowest BCUT2D eigenvalue weighted by molar-refractivity contribution is 0.0674. The number of nitrogens with zero attached hydrogens (tertiary/aromatic N) is 2. The second-order valence-corrected chi connectivity index (χ2v) is 5.80. The van der Waals surface area contributed by atoms with Crippen LogP contribution in [0.1, 0.15) is 50.7 Å². The molecular formula is C13H22N2O3. The first-order valence-corrected chi connectivity index (χ1v) is 6.12. The molecule has 0 atom stereocenters. The fraction of sp³-hybridized carbons (Fsp3) is 0.692. The Kier molecular flexibility index (Phi) is 4.51. The summed E-state index contributed by atoms with van der Waals surface area (Å²) in [6.07, 6.45) is 1.39. The molecule has 0 aromatic carbocycles. The number of carbonyl (C=O) groups is 1. The van der Waals surface area contributed by atoms with Gasteiger partial charge in [-0.15, -0.1) is 0 Å². The summed E-state index contributed by atoms with van der Waals surface area (Å²) in [5, 5.41) is 13.3. The van der Waals surface area contributed by atoms with Crippen LogP contribution in [0, 0.1) is 5.92 Å². The molecule has 1 N–H and O–H groups in total. The van der Waals surface area contributed by atoms with E-state index in [1.54, 1.807) is 4.68 Å². The maximum Gasteiger partial charge on any atom is 0.339 e. The molecule has 18 heavy (non-hydrogen) atoms. The normalized spacial score (nSPS) is 12.1. The molecule has 0 aliphatic carbocycles. The Morgan fingerprint density at radius 1 is 1.50 bits per heavy atom. The maximum atomic E-state index is 11.2. The van der Waals surface area contributed by atoms with E-state index < -0.39 is 5.97 Å². The van der Waals surface area contributed by atoms with Gasteiger partial charge >= 0.3 is 5.97 Å². The van der Waals surface area contributed by atoms with Gasteiger partial charge in [-0.3, -0.25) is 4.68 Å². The molecular weight excluding hydrogens is 232 g/mol. The zero-order valence-corrected chi connectivity index (χ0v) is 11.7. The van der Waals surface area contributed by atoms with Gasteiger partial charge in [0.05, 0.1) is 24.0 Å². The SMILES string of the molecule is CC(C)COCc1c(C(=O)O)cnn1C(C)(C)C. The van der Waals surface area contributed by atoms with Crippen LogP contribution in [0.3, 0.4) is 0 Å². The van der Waals surface area contributed by atoms with Gasteiger partial charge in [-0.1, -0.05) is 13.8 Å². The third-order valence-electron chi connectivity index (χ3n) is 2.42. The molecule has 0 radical (unpaired) electrons. The number of aromatic nitrogens is 2. The van der Waals surface area contributed by atoms with Gasteiger partial charge in [0.2, 0.25) is 0 Å². The quantitative estimate of drug-likeness (QED) is 0.876. The Morgan fingerprint density at radius 2 is 2.11 bits per heavy atom. The van der Waals surface area contributed by atoms with Gasteiger partial charge in [-0.2, -0.15) is 5.10 Å². The van der Waals surface area contributed by atoms with E-state index in [2.05, 4.69) is 18.9 Å². The summed E-state index contributed by atoms with van der Waals surface area (Å²) in [5.41, 5.74) is 0.578. The highest BCUT2D eigenvalue weighted by Crippen LogP contribution is 2.20. The molecule has 0 amide bonds. The van der Waals surface area contributed by atoms with E-state index in [1.807, 2.05) is 20.8 Å². The fourth-order valence-corrected chi connectivity index (χ4v) is 1.66. The molecule has 5 heteroatoms. The van der Waals surface area contributed by atoms with Crippen molar-refractivity contribution in [2.75, 3.05) is 6.61 Å². The lowest BCUT2D eigenvalue weighted by Gasteiger charge is -2.22. The molecule has 5 nitrogen and oxygen atoms in total. The molecule has 0 fully saturated rings. The van der Waals surface area contributed by atoms with Gasteiger partial charge in [0, 0.05) is 6.61 Å². The summed E-state index contributed by atoms with van der Waals surface area (Å²) in [7, 11) is 0. The van der Waals surface area contributed by atoms with E-state index in [1.165, 1.54) is 6.20 Å². The first kappa shape index (κ1) is 14.7. The summed E-state index contributed by atoms with van der Waals surface area (Å²) < 4.78 is 7.26. The number of ether oxygens (including phenoxy) is 1. The highest BCUT2D eigenvalue weighted by Gasteiger charge is 2.23. The minimum absolute atomic E-state index is 0.216. The Morgan fingerprint density at radius 3 is 2.56 bits per heavy atom. The van der Waals surface area contributed by atoms with Crippen LogP contribution in [0.5, 0.6) is 0 Å². The molecule has 1 heterocycles.